The van der Waals surface area contributed by atoms with Gasteiger partial charge in [0.2, 0.25) is 0 Å². The van der Waals surface area contributed by atoms with Crippen LogP contribution in [-0.4, -0.2) is 15.0 Å². The molecule has 2 N–H and O–H groups in total. The SMILES string of the molecule is CCNS(=O)(=O)NCc1ccc(Br)s1. The lowest BCUT2D eigenvalue weighted by Crippen LogP contribution is -2.35. The first-order valence-corrected chi connectivity index (χ1v) is 7.11. The summed E-state index contributed by atoms with van der Waals surface area (Å²) in [6.07, 6.45) is 0. The Morgan fingerprint density at radius 1 is 1.43 bits per heavy atom. The smallest absolute Gasteiger partial charge is 0.203 e. The molecule has 1 rings (SSSR count). The summed E-state index contributed by atoms with van der Waals surface area (Å²) in [5.41, 5.74) is 0. The van der Waals surface area contributed by atoms with E-state index in [1.54, 1.807) is 6.92 Å². The number of rotatable bonds is 5. The van der Waals surface area contributed by atoms with Crippen LogP contribution in [0.15, 0.2) is 15.9 Å². The molecule has 14 heavy (non-hydrogen) atoms. The first kappa shape index (κ1) is 12.1. The van der Waals surface area contributed by atoms with Crippen molar-refractivity contribution in [1.29, 1.82) is 0 Å². The topological polar surface area (TPSA) is 58.2 Å². The predicted molar refractivity (Wildman–Crippen MR) is 61.5 cm³/mol. The molecule has 0 aliphatic rings. The molecular formula is C7H11BrN2O2S2. The number of nitrogens with one attached hydrogen (secondary N) is 2. The Bertz CT molecular complexity index is 388. The van der Waals surface area contributed by atoms with Crippen LogP contribution < -0.4 is 9.44 Å². The van der Waals surface area contributed by atoms with Crippen molar-refractivity contribution >= 4 is 37.5 Å². The molecule has 1 aromatic heterocycles. The van der Waals surface area contributed by atoms with E-state index in [0.717, 1.165) is 8.66 Å². The van der Waals surface area contributed by atoms with Crippen molar-refractivity contribution in [2.24, 2.45) is 0 Å². The lowest BCUT2D eigenvalue weighted by molar-refractivity contribution is 0.569. The van der Waals surface area contributed by atoms with E-state index in [2.05, 4.69) is 25.4 Å². The van der Waals surface area contributed by atoms with E-state index in [1.165, 1.54) is 11.3 Å². The normalized spacial score (nSPS) is 11.9. The van der Waals surface area contributed by atoms with Crippen molar-refractivity contribution < 1.29 is 8.42 Å². The maximum absolute atomic E-state index is 11.2. The van der Waals surface area contributed by atoms with Crippen LogP contribution in [0.25, 0.3) is 0 Å². The van der Waals surface area contributed by atoms with Gasteiger partial charge in [0.05, 0.1) is 3.79 Å². The Morgan fingerprint density at radius 3 is 2.64 bits per heavy atom. The molecule has 4 nitrogen and oxygen atoms in total. The van der Waals surface area contributed by atoms with Crippen molar-refractivity contribution in [1.82, 2.24) is 9.44 Å². The Balaban J connectivity index is 2.48. The second-order valence-corrected chi connectivity index (χ2v) is 6.66. The molecule has 7 heteroatoms. The molecule has 0 aliphatic carbocycles. The fourth-order valence-electron chi connectivity index (χ4n) is 0.854. The zero-order valence-electron chi connectivity index (χ0n) is 7.58. The van der Waals surface area contributed by atoms with Crippen LogP contribution in [0, 0.1) is 0 Å². The third-order valence-corrected chi connectivity index (χ3v) is 4.22. The van der Waals surface area contributed by atoms with Gasteiger partial charge in [-0.2, -0.15) is 13.1 Å². The fourth-order valence-corrected chi connectivity index (χ4v) is 3.20. The molecule has 0 saturated carbocycles. The Labute approximate surface area is 96.0 Å². The molecule has 1 heterocycles. The standard InChI is InChI=1S/C7H11BrN2O2S2/c1-2-9-14(11,12)10-5-6-3-4-7(8)13-6/h3-4,9-10H,2,5H2,1H3. The third-order valence-electron chi connectivity index (χ3n) is 1.40. The molecule has 0 fully saturated rings. The second kappa shape index (κ2) is 5.22. The van der Waals surface area contributed by atoms with Gasteiger partial charge >= 0.3 is 0 Å². The van der Waals surface area contributed by atoms with E-state index in [9.17, 15) is 8.42 Å². The van der Waals surface area contributed by atoms with Gasteiger partial charge in [-0.05, 0) is 28.1 Å². The summed E-state index contributed by atoms with van der Waals surface area (Å²) in [5.74, 6) is 0. The maximum Gasteiger partial charge on any atom is 0.277 e. The van der Waals surface area contributed by atoms with Crippen LogP contribution in [0.2, 0.25) is 0 Å². The van der Waals surface area contributed by atoms with E-state index in [-0.39, 0.29) is 0 Å². The average molecular weight is 299 g/mol. The number of halogens is 1. The minimum atomic E-state index is -3.33. The fraction of sp³-hybridized carbons (Fsp3) is 0.429. The van der Waals surface area contributed by atoms with Crippen LogP contribution in [0.1, 0.15) is 11.8 Å². The van der Waals surface area contributed by atoms with Crippen molar-refractivity contribution in [3.05, 3.63) is 20.8 Å². The minimum absolute atomic E-state index is 0.325. The molecule has 0 atom stereocenters. The van der Waals surface area contributed by atoms with Gasteiger partial charge in [-0.15, -0.1) is 11.3 Å². The van der Waals surface area contributed by atoms with Crippen LogP contribution in [-0.2, 0) is 16.8 Å². The summed E-state index contributed by atoms with van der Waals surface area (Å²) in [5, 5.41) is 0. The summed E-state index contributed by atoms with van der Waals surface area (Å²) in [6, 6.07) is 3.77. The van der Waals surface area contributed by atoms with Gasteiger partial charge in [-0.3, -0.25) is 0 Å². The van der Waals surface area contributed by atoms with Gasteiger partial charge in [-0.1, -0.05) is 6.92 Å². The number of hydrogen-bond donors (Lipinski definition) is 2. The van der Waals surface area contributed by atoms with Crippen LogP contribution >= 0.6 is 27.3 Å². The summed E-state index contributed by atoms with van der Waals surface area (Å²) < 4.78 is 28.2. The van der Waals surface area contributed by atoms with Gasteiger partial charge in [0.15, 0.2) is 0 Å². The lowest BCUT2D eigenvalue weighted by atomic mass is 10.5. The van der Waals surface area contributed by atoms with Crippen LogP contribution in [0.4, 0.5) is 0 Å². The molecule has 0 saturated heterocycles. The quantitative estimate of drug-likeness (QED) is 0.864. The molecule has 0 aliphatic heterocycles. The maximum atomic E-state index is 11.2. The summed E-state index contributed by atoms with van der Waals surface area (Å²) in [7, 11) is -3.33. The zero-order valence-corrected chi connectivity index (χ0v) is 10.8. The summed E-state index contributed by atoms with van der Waals surface area (Å²) in [4.78, 5) is 0.971. The van der Waals surface area contributed by atoms with Gasteiger partial charge in [0, 0.05) is 18.0 Å². The number of hydrogen-bond acceptors (Lipinski definition) is 3. The van der Waals surface area contributed by atoms with E-state index >= 15 is 0 Å². The Kier molecular flexibility index (Phi) is 4.52. The van der Waals surface area contributed by atoms with Gasteiger partial charge in [-0.25, -0.2) is 4.72 Å². The van der Waals surface area contributed by atoms with E-state index in [0.29, 0.717) is 13.1 Å². The molecule has 0 aromatic carbocycles. The van der Waals surface area contributed by atoms with Gasteiger partial charge in [0.25, 0.3) is 10.2 Å². The minimum Gasteiger partial charge on any atom is -0.203 e. The first-order valence-electron chi connectivity index (χ1n) is 4.02. The van der Waals surface area contributed by atoms with Gasteiger partial charge in [0.1, 0.15) is 0 Å². The highest BCUT2D eigenvalue weighted by Crippen LogP contribution is 2.21. The predicted octanol–water partition coefficient (Wildman–Crippen LogP) is 1.45. The van der Waals surface area contributed by atoms with Crippen molar-refractivity contribution in [3.8, 4) is 0 Å². The zero-order chi connectivity index (χ0) is 10.6. The summed E-state index contributed by atoms with van der Waals surface area (Å²) >= 11 is 4.82. The van der Waals surface area contributed by atoms with E-state index < -0.39 is 10.2 Å². The lowest BCUT2D eigenvalue weighted by Gasteiger charge is -2.04. The van der Waals surface area contributed by atoms with Crippen molar-refractivity contribution in [2.45, 2.75) is 13.5 Å². The first-order chi connectivity index (χ1) is 6.53. The highest BCUT2D eigenvalue weighted by Gasteiger charge is 2.07. The van der Waals surface area contributed by atoms with Crippen LogP contribution in [0.5, 0.6) is 0 Å². The number of thiophene rings is 1. The molecular weight excluding hydrogens is 288 g/mol. The molecule has 0 radical (unpaired) electrons. The monoisotopic (exact) mass is 298 g/mol. The van der Waals surface area contributed by atoms with Crippen molar-refractivity contribution in [3.63, 3.8) is 0 Å². The van der Waals surface area contributed by atoms with E-state index in [1.807, 2.05) is 12.1 Å². The largest absolute Gasteiger partial charge is 0.277 e. The second-order valence-electron chi connectivity index (χ2n) is 2.53. The third kappa shape index (κ3) is 4.05. The van der Waals surface area contributed by atoms with Gasteiger partial charge < -0.3 is 0 Å². The molecule has 0 spiro atoms. The molecule has 0 bridgehead atoms. The highest BCUT2D eigenvalue weighted by molar-refractivity contribution is 9.11. The average Bonchev–Trinajstić information content (AvgIpc) is 2.48. The molecule has 0 unspecified atom stereocenters. The summed E-state index contributed by atoms with van der Waals surface area (Å²) in [6.45, 7) is 2.45. The van der Waals surface area contributed by atoms with Crippen molar-refractivity contribution in [2.75, 3.05) is 6.54 Å². The molecule has 80 valence electrons. The highest BCUT2D eigenvalue weighted by atomic mass is 79.9. The Morgan fingerprint density at radius 2 is 2.14 bits per heavy atom. The Hall–Kier alpha value is 0.0500. The van der Waals surface area contributed by atoms with E-state index in [4.69, 9.17) is 0 Å². The molecule has 0 amide bonds. The molecule has 1 aromatic rings. The van der Waals surface area contributed by atoms with Crippen LogP contribution in [0.3, 0.4) is 0 Å².